The number of nitrogens with one attached hydrogen (secondary N) is 2. The summed E-state index contributed by atoms with van der Waals surface area (Å²) >= 11 is 0. The molecule has 1 aromatic heterocycles. The molecule has 94 valence electrons. The molecule has 0 atom stereocenters. The Hall–Kier alpha value is -1.62. The van der Waals surface area contributed by atoms with Gasteiger partial charge in [-0.2, -0.15) is 0 Å². The zero-order chi connectivity index (χ0) is 13.1. The Morgan fingerprint density at radius 3 is 2.53 bits per heavy atom. The van der Waals surface area contributed by atoms with Gasteiger partial charge in [-0.3, -0.25) is 4.79 Å². The fraction of sp³-hybridized carbons (Fsp3) is 0.500. The second kappa shape index (κ2) is 5.14. The molecule has 0 saturated heterocycles. The standard InChI is InChI=1S/C12H20N4O/c1-5-14-11(17)8-6-9(12(2,3)4)15-10(7-8)16-13/h6-7H,5,13H2,1-4H3,(H,14,17)(H,15,16). The van der Waals surface area contributed by atoms with Gasteiger partial charge in [0.05, 0.1) is 0 Å². The number of nitrogens with zero attached hydrogens (tertiary/aromatic N) is 1. The Balaban J connectivity index is 3.19. The molecule has 1 aromatic rings. The van der Waals surface area contributed by atoms with Crippen LogP contribution in [-0.4, -0.2) is 17.4 Å². The summed E-state index contributed by atoms with van der Waals surface area (Å²) in [6, 6.07) is 3.44. The topological polar surface area (TPSA) is 80.0 Å². The van der Waals surface area contributed by atoms with Gasteiger partial charge in [-0.05, 0) is 19.1 Å². The number of anilines is 1. The molecular formula is C12H20N4O. The van der Waals surface area contributed by atoms with Crippen LogP contribution >= 0.6 is 0 Å². The first-order valence-corrected chi connectivity index (χ1v) is 5.66. The van der Waals surface area contributed by atoms with Gasteiger partial charge < -0.3 is 10.7 Å². The molecule has 17 heavy (non-hydrogen) atoms. The maximum atomic E-state index is 11.8. The number of hydrogen-bond acceptors (Lipinski definition) is 4. The van der Waals surface area contributed by atoms with Crippen molar-refractivity contribution in [3.63, 3.8) is 0 Å². The first kappa shape index (κ1) is 13.4. The molecule has 1 amide bonds. The minimum Gasteiger partial charge on any atom is -0.352 e. The molecule has 0 aromatic carbocycles. The van der Waals surface area contributed by atoms with Crippen molar-refractivity contribution < 1.29 is 4.79 Å². The number of amides is 1. The van der Waals surface area contributed by atoms with Gasteiger partial charge in [-0.1, -0.05) is 20.8 Å². The van der Waals surface area contributed by atoms with Crippen molar-refractivity contribution in [2.45, 2.75) is 33.1 Å². The van der Waals surface area contributed by atoms with Crippen LogP contribution in [0.5, 0.6) is 0 Å². The van der Waals surface area contributed by atoms with Crippen LogP contribution in [-0.2, 0) is 5.41 Å². The fourth-order valence-electron chi connectivity index (χ4n) is 1.38. The number of hydrogen-bond donors (Lipinski definition) is 3. The number of hydrazine groups is 1. The van der Waals surface area contributed by atoms with Gasteiger partial charge in [0, 0.05) is 23.2 Å². The van der Waals surface area contributed by atoms with E-state index in [0.717, 1.165) is 5.69 Å². The number of carbonyl (C=O) groups excluding carboxylic acids is 1. The van der Waals surface area contributed by atoms with Gasteiger partial charge in [0.1, 0.15) is 5.82 Å². The Kier molecular flexibility index (Phi) is 4.07. The molecule has 0 aliphatic carbocycles. The number of rotatable bonds is 3. The summed E-state index contributed by atoms with van der Waals surface area (Å²) in [5.41, 5.74) is 3.75. The highest BCUT2D eigenvalue weighted by Crippen LogP contribution is 2.23. The SMILES string of the molecule is CCNC(=O)c1cc(NN)nc(C(C)(C)C)c1. The third-order valence-electron chi connectivity index (χ3n) is 2.34. The predicted molar refractivity (Wildman–Crippen MR) is 68.8 cm³/mol. The highest BCUT2D eigenvalue weighted by molar-refractivity contribution is 5.95. The minimum atomic E-state index is -0.131. The molecule has 0 bridgehead atoms. The number of carbonyl (C=O) groups is 1. The Morgan fingerprint density at radius 1 is 1.41 bits per heavy atom. The van der Waals surface area contributed by atoms with Gasteiger partial charge in [-0.25, -0.2) is 10.8 Å². The first-order chi connectivity index (χ1) is 7.88. The zero-order valence-corrected chi connectivity index (χ0v) is 10.8. The maximum Gasteiger partial charge on any atom is 0.251 e. The number of aromatic nitrogens is 1. The number of pyridine rings is 1. The summed E-state index contributed by atoms with van der Waals surface area (Å²) in [6.07, 6.45) is 0. The van der Waals surface area contributed by atoms with E-state index in [-0.39, 0.29) is 11.3 Å². The van der Waals surface area contributed by atoms with Gasteiger partial charge in [0.15, 0.2) is 0 Å². The van der Waals surface area contributed by atoms with E-state index >= 15 is 0 Å². The lowest BCUT2D eigenvalue weighted by molar-refractivity contribution is 0.0955. The zero-order valence-electron chi connectivity index (χ0n) is 10.8. The van der Waals surface area contributed by atoms with E-state index < -0.39 is 0 Å². The second-order valence-corrected chi connectivity index (χ2v) is 4.88. The Bertz CT molecular complexity index is 409. The first-order valence-electron chi connectivity index (χ1n) is 5.66. The van der Waals surface area contributed by atoms with E-state index in [1.807, 2.05) is 27.7 Å². The lowest BCUT2D eigenvalue weighted by Crippen LogP contribution is -2.25. The molecule has 5 nitrogen and oxygen atoms in total. The van der Waals surface area contributed by atoms with E-state index in [2.05, 4.69) is 15.7 Å². The summed E-state index contributed by atoms with van der Waals surface area (Å²) in [6.45, 7) is 8.59. The highest BCUT2D eigenvalue weighted by atomic mass is 16.1. The fourth-order valence-corrected chi connectivity index (χ4v) is 1.38. The van der Waals surface area contributed by atoms with Crippen molar-refractivity contribution in [2.24, 2.45) is 5.84 Å². The van der Waals surface area contributed by atoms with E-state index in [1.54, 1.807) is 12.1 Å². The van der Waals surface area contributed by atoms with Crippen LogP contribution in [0.3, 0.4) is 0 Å². The van der Waals surface area contributed by atoms with Crippen LogP contribution < -0.4 is 16.6 Å². The smallest absolute Gasteiger partial charge is 0.251 e. The maximum absolute atomic E-state index is 11.8. The normalized spacial score (nSPS) is 11.1. The van der Waals surface area contributed by atoms with Crippen molar-refractivity contribution in [1.82, 2.24) is 10.3 Å². The summed E-state index contributed by atoms with van der Waals surface area (Å²) in [7, 11) is 0. The summed E-state index contributed by atoms with van der Waals surface area (Å²) in [4.78, 5) is 16.1. The molecule has 0 radical (unpaired) electrons. The minimum absolute atomic E-state index is 0.114. The average Bonchev–Trinajstić information content (AvgIpc) is 2.27. The molecule has 0 spiro atoms. The lowest BCUT2D eigenvalue weighted by atomic mass is 9.90. The molecule has 0 aliphatic heterocycles. The van der Waals surface area contributed by atoms with E-state index in [4.69, 9.17) is 5.84 Å². The van der Waals surface area contributed by atoms with E-state index in [0.29, 0.717) is 17.9 Å². The second-order valence-electron chi connectivity index (χ2n) is 4.88. The van der Waals surface area contributed by atoms with Gasteiger partial charge in [0.25, 0.3) is 5.91 Å². The molecule has 4 N–H and O–H groups in total. The third kappa shape index (κ3) is 3.42. The molecule has 0 fully saturated rings. The molecule has 5 heteroatoms. The molecule has 0 aliphatic rings. The van der Waals surface area contributed by atoms with Gasteiger partial charge >= 0.3 is 0 Å². The van der Waals surface area contributed by atoms with Crippen LogP contribution in [0.25, 0.3) is 0 Å². The third-order valence-corrected chi connectivity index (χ3v) is 2.34. The largest absolute Gasteiger partial charge is 0.352 e. The van der Waals surface area contributed by atoms with Crippen LogP contribution in [0.2, 0.25) is 0 Å². The molecule has 1 rings (SSSR count). The van der Waals surface area contributed by atoms with Gasteiger partial charge in [0.2, 0.25) is 0 Å². The summed E-state index contributed by atoms with van der Waals surface area (Å²) < 4.78 is 0. The van der Waals surface area contributed by atoms with Crippen LogP contribution in [0, 0.1) is 0 Å². The number of nitrogens with two attached hydrogens (primary N) is 1. The highest BCUT2D eigenvalue weighted by Gasteiger charge is 2.18. The van der Waals surface area contributed by atoms with Crippen molar-refractivity contribution in [1.29, 1.82) is 0 Å². The average molecular weight is 236 g/mol. The van der Waals surface area contributed by atoms with E-state index in [9.17, 15) is 4.79 Å². The van der Waals surface area contributed by atoms with Crippen LogP contribution in [0.15, 0.2) is 12.1 Å². The predicted octanol–water partition coefficient (Wildman–Crippen LogP) is 1.41. The van der Waals surface area contributed by atoms with Crippen molar-refractivity contribution in [3.8, 4) is 0 Å². The van der Waals surface area contributed by atoms with Gasteiger partial charge in [-0.15, -0.1) is 0 Å². The Labute approximate surface area is 102 Å². The summed E-state index contributed by atoms with van der Waals surface area (Å²) in [5.74, 6) is 5.75. The molecular weight excluding hydrogens is 216 g/mol. The lowest BCUT2D eigenvalue weighted by Gasteiger charge is -2.19. The van der Waals surface area contributed by atoms with Crippen molar-refractivity contribution >= 4 is 11.7 Å². The molecule has 0 unspecified atom stereocenters. The molecule has 1 heterocycles. The van der Waals surface area contributed by atoms with Crippen molar-refractivity contribution in [2.75, 3.05) is 12.0 Å². The van der Waals surface area contributed by atoms with Crippen molar-refractivity contribution in [3.05, 3.63) is 23.4 Å². The summed E-state index contributed by atoms with van der Waals surface area (Å²) in [5, 5.41) is 2.76. The monoisotopic (exact) mass is 236 g/mol. The van der Waals surface area contributed by atoms with E-state index in [1.165, 1.54) is 0 Å². The van der Waals surface area contributed by atoms with Crippen LogP contribution in [0.4, 0.5) is 5.82 Å². The quantitative estimate of drug-likeness (QED) is 0.547. The molecule has 0 saturated carbocycles. The Morgan fingerprint density at radius 2 is 2.06 bits per heavy atom. The number of nitrogen functional groups attached to an aromatic ring is 1. The van der Waals surface area contributed by atoms with Crippen LogP contribution in [0.1, 0.15) is 43.7 Å².